The van der Waals surface area contributed by atoms with Gasteiger partial charge in [-0.25, -0.2) is 27.1 Å². The molecule has 2 N–H and O–H groups in total. The smallest absolute Gasteiger partial charge is 0.316 e. The van der Waals surface area contributed by atoms with Crippen LogP contribution < -0.4 is 5.73 Å². The Bertz CT molecular complexity index is 980. The second-order valence-electron chi connectivity index (χ2n) is 9.09. The summed E-state index contributed by atoms with van der Waals surface area (Å²) in [5, 5.41) is 4.33. The van der Waals surface area contributed by atoms with Gasteiger partial charge < -0.3 is 10.5 Å². The fourth-order valence-electron chi connectivity index (χ4n) is 4.90. The van der Waals surface area contributed by atoms with Gasteiger partial charge in [-0.2, -0.15) is 5.10 Å². The summed E-state index contributed by atoms with van der Waals surface area (Å²) in [6.45, 7) is 1.82. The fourth-order valence-corrected chi connectivity index (χ4v) is 4.90. The number of esters is 1. The average Bonchev–Trinajstić information content (AvgIpc) is 3.17. The molecule has 0 radical (unpaired) electrons. The van der Waals surface area contributed by atoms with Gasteiger partial charge in [0.05, 0.1) is 36.2 Å². The predicted octanol–water partition coefficient (Wildman–Crippen LogP) is 4.99. The third kappa shape index (κ3) is 5.11. The number of carbonyl (C=O) groups is 1. The number of ether oxygens (including phenoxy) is 1. The second kappa shape index (κ2) is 9.37. The molecule has 4 rings (SSSR count). The zero-order valence-corrected chi connectivity index (χ0v) is 19.2. The van der Waals surface area contributed by atoms with Crippen molar-refractivity contribution in [3.8, 4) is 0 Å². The molecule has 0 spiro atoms. The molecule has 6 nitrogen and oxygen atoms in total. The molecule has 2 aromatic heterocycles. The number of aromatic nitrogens is 3. The summed E-state index contributed by atoms with van der Waals surface area (Å²) in [4.78, 5) is 17.4. The number of hydrogen-bond donors (Lipinski definition) is 1. The van der Waals surface area contributed by atoms with Crippen LogP contribution in [0.4, 0.5) is 17.6 Å². The zero-order chi connectivity index (χ0) is 23.1. The van der Waals surface area contributed by atoms with E-state index in [4.69, 9.17) is 10.5 Å². The van der Waals surface area contributed by atoms with Crippen LogP contribution in [-0.2, 0) is 14.9 Å². The van der Waals surface area contributed by atoms with Gasteiger partial charge in [-0.1, -0.05) is 0 Å². The van der Waals surface area contributed by atoms with Gasteiger partial charge in [-0.05, 0) is 50.2 Å². The summed E-state index contributed by atoms with van der Waals surface area (Å²) in [5.41, 5.74) is 6.59. The Balaban J connectivity index is 0.00000306. The maximum absolute atomic E-state index is 13.8. The Labute approximate surface area is 195 Å². The largest absolute Gasteiger partial charge is 0.465 e. The molecule has 1 unspecified atom stereocenters. The van der Waals surface area contributed by atoms with Gasteiger partial charge in [-0.15, -0.1) is 12.4 Å². The van der Waals surface area contributed by atoms with Gasteiger partial charge in [-0.3, -0.25) is 4.79 Å². The van der Waals surface area contributed by atoms with E-state index < -0.39 is 42.1 Å². The van der Waals surface area contributed by atoms with E-state index in [1.807, 2.05) is 0 Å². The van der Waals surface area contributed by atoms with Crippen LogP contribution in [0.5, 0.6) is 0 Å². The fraction of sp³-hybridized carbons (Fsp3) is 0.682. The molecule has 0 aromatic carbocycles. The lowest BCUT2D eigenvalue weighted by atomic mass is 9.69. The highest BCUT2D eigenvalue weighted by atomic mass is 35.5. The lowest BCUT2D eigenvalue weighted by Crippen LogP contribution is -2.44. The number of alkyl halides is 4. The summed E-state index contributed by atoms with van der Waals surface area (Å²) in [5.74, 6) is -6.08. The second-order valence-corrected chi connectivity index (χ2v) is 9.09. The Kier molecular flexibility index (Phi) is 7.29. The van der Waals surface area contributed by atoms with Crippen molar-refractivity contribution in [2.75, 3.05) is 6.61 Å². The molecule has 2 saturated carbocycles. The molecule has 2 aliphatic rings. The van der Waals surface area contributed by atoms with Crippen molar-refractivity contribution >= 4 is 24.0 Å². The van der Waals surface area contributed by atoms with Crippen LogP contribution in [0.2, 0.25) is 0 Å². The highest BCUT2D eigenvalue weighted by molar-refractivity contribution is 5.85. The van der Waals surface area contributed by atoms with E-state index in [-0.39, 0.29) is 50.6 Å². The van der Waals surface area contributed by atoms with Crippen LogP contribution in [0.15, 0.2) is 18.5 Å². The topological polar surface area (TPSA) is 82.5 Å². The van der Waals surface area contributed by atoms with Crippen molar-refractivity contribution in [1.82, 2.24) is 14.6 Å². The minimum atomic E-state index is -2.81. The Morgan fingerprint density at radius 3 is 2.36 bits per heavy atom. The Morgan fingerprint density at radius 2 is 1.76 bits per heavy atom. The van der Waals surface area contributed by atoms with Crippen molar-refractivity contribution in [1.29, 1.82) is 0 Å². The number of hydrogen-bond acceptors (Lipinski definition) is 5. The molecule has 184 valence electrons. The van der Waals surface area contributed by atoms with Crippen molar-refractivity contribution < 1.29 is 27.1 Å². The first-order valence-corrected chi connectivity index (χ1v) is 11.1. The van der Waals surface area contributed by atoms with Crippen molar-refractivity contribution in [3.05, 3.63) is 29.7 Å². The monoisotopic (exact) mass is 492 g/mol. The molecular formula is C22H29ClF4N4O2. The molecule has 33 heavy (non-hydrogen) atoms. The highest BCUT2D eigenvalue weighted by Crippen LogP contribution is 2.46. The van der Waals surface area contributed by atoms with Crippen LogP contribution in [0.1, 0.15) is 75.6 Å². The number of imidazole rings is 1. The molecule has 2 fully saturated rings. The van der Waals surface area contributed by atoms with Crippen LogP contribution in [-0.4, -0.2) is 39.0 Å². The van der Waals surface area contributed by atoms with E-state index in [2.05, 4.69) is 10.1 Å². The lowest BCUT2D eigenvalue weighted by molar-refractivity contribution is -0.155. The van der Waals surface area contributed by atoms with E-state index >= 15 is 0 Å². The van der Waals surface area contributed by atoms with E-state index in [1.54, 1.807) is 19.2 Å². The Morgan fingerprint density at radius 1 is 1.15 bits per heavy atom. The zero-order valence-electron chi connectivity index (χ0n) is 18.4. The molecule has 2 aromatic rings. The standard InChI is InChI=1S/C22H28F4N4O2.ClH/c1-2-32-19(31)20(7-9-22(25,26)10-8-20)15-11-17-29-16(13-30(17)28-12-15)18(27)14-3-5-21(23,24)6-4-14;/h11-14,18H,2-10,27H2,1H3;1H. The molecular weight excluding hydrogens is 464 g/mol. The van der Waals surface area contributed by atoms with E-state index in [1.165, 1.54) is 10.7 Å². The van der Waals surface area contributed by atoms with Gasteiger partial charge in [0.15, 0.2) is 5.65 Å². The third-order valence-electron chi connectivity index (χ3n) is 7.00. The predicted molar refractivity (Wildman–Crippen MR) is 116 cm³/mol. The molecule has 2 aliphatic carbocycles. The molecule has 0 bridgehead atoms. The minimum absolute atomic E-state index is 0. The lowest BCUT2D eigenvalue weighted by Gasteiger charge is -2.38. The van der Waals surface area contributed by atoms with Crippen molar-refractivity contribution in [2.45, 2.75) is 81.6 Å². The Hall–Kier alpha value is -1.94. The van der Waals surface area contributed by atoms with Gasteiger partial charge in [0.2, 0.25) is 11.8 Å². The quantitative estimate of drug-likeness (QED) is 0.470. The first kappa shape index (κ1) is 25.7. The van der Waals surface area contributed by atoms with Crippen LogP contribution in [0.3, 0.4) is 0 Å². The van der Waals surface area contributed by atoms with Gasteiger partial charge >= 0.3 is 5.97 Å². The number of carbonyl (C=O) groups excluding carboxylic acids is 1. The maximum Gasteiger partial charge on any atom is 0.316 e. The average molecular weight is 493 g/mol. The summed E-state index contributed by atoms with van der Waals surface area (Å²) in [7, 11) is 0. The summed E-state index contributed by atoms with van der Waals surface area (Å²) in [6, 6.07) is 1.15. The normalized spacial score (nSPS) is 23.0. The van der Waals surface area contributed by atoms with Crippen LogP contribution in [0.25, 0.3) is 5.65 Å². The van der Waals surface area contributed by atoms with Gasteiger partial charge in [0.25, 0.3) is 0 Å². The number of nitrogens with two attached hydrogens (primary N) is 1. The molecule has 0 aliphatic heterocycles. The minimum Gasteiger partial charge on any atom is -0.465 e. The van der Waals surface area contributed by atoms with E-state index in [0.717, 1.165) is 0 Å². The summed E-state index contributed by atoms with van der Waals surface area (Å²) >= 11 is 0. The highest BCUT2D eigenvalue weighted by Gasteiger charge is 2.50. The van der Waals surface area contributed by atoms with Crippen LogP contribution >= 0.6 is 12.4 Å². The van der Waals surface area contributed by atoms with Crippen molar-refractivity contribution in [3.63, 3.8) is 0 Å². The maximum atomic E-state index is 13.8. The SMILES string of the molecule is CCOC(=O)C1(c2cnn3cc(C(N)C4CCC(F)(F)CC4)nc3c2)CCC(F)(F)CC1.Cl. The summed E-state index contributed by atoms with van der Waals surface area (Å²) < 4.78 is 61.4. The van der Waals surface area contributed by atoms with Gasteiger partial charge in [0, 0.05) is 25.7 Å². The van der Waals surface area contributed by atoms with E-state index in [9.17, 15) is 22.4 Å². The van der Waals surface area contributed by atoms with Crippen LogP contribution in [0, 0.1) is 5.92 Å². The molecule has 2 heterocycles. The number of rotatable bonds is 5. The molecule has 0 saturated heterocycles. The molecule has 0 amide bonds. The third-order valence-corrected chi connectivity index (χ3v) is 7.00. The molecule has 11 heteroatoms. The number of nitrogens with zero attached hydrogens (tertiary/aromatic N) is 3. The van der Waals surface area contributed by atoms with E-state index in [0.29, 0.717) is 29.7 Å². The number of halogens is 5. The van der Waals surface area contributed by atoms with Gasteiger partial charge in [0.1, 0.15) is 0 Å². The summed E-state index contributed by atoms with van der Waals surface area (Å²) in [6.07, 6.45) is 2.51. The molecule has 1 atom stereocenters. The number of fused-ring (bicyclic) bond motifs is 1. The van der Waals surface area contributed by atoms with Crippen molar-refractivity contribution in [2.24, 2.45) is 11.7 Å². The first-order chi connectivity index (χ1) is 15.1. The first-order valence-electron chi connectivity index (χ1n) is 11.1.